The number of unbranched alkanes of at least 4 members (excludes halogenated alkanes) is 10. The van der Waals surface area contributed by atoms with Crippen molar-refractivity contribution in [3.05, 3.63) is 0 Å². The largest absolute Gasteiger partial charge is 0.481 e. The molecule has 0 aromatic rings. The first-order chi connectivity index (χ1) is 11.5. The molecule has 5 nitrogen and oxygen atoms in total. The molecule has 24 heavy (non-hydrogen) atoms. The molecule has 0 rings (SSSR count). The van der Waals surface area contributed by atoms with Crippen LogP contribution in [-0.4, -0.2) is 28.7 Å². The smallest absolute Gasteiger partial charge is 0.303 e. The summed E-state index contributed by atoms with van der Waals surface area (Å²) < 4.78 is 0. The second-order valence-electron chi connectivity index (χ2n) is 6.61. The third-order valence-corrected chi connectivity index (χ3v) is 4.29. The zero-order chi connectivity index (χ0) is 18.2. The number of carboxylic acid groups (broad SMARTS) is 1. The average Bonchev–Trinajstić information content (AvgIpc) is 2.56. The molecule has 0 aromatic carbocycles. The van der Waals surface area contributed by atoms with Crippen molar-refractivity contribution in [2.45, 2.75) is 103 Å². The van der Waals surface area contributed by atoms with E-state index in [0.29, 0.717) is 6.42 Å². The molecule has 5 heteroatoms. The fourth-order valence-corrected chi connectivity index (χ4v) is 2.69. The Labute approximate surface area is 146 Å². The van der Waals surface area contributed by atoms with Crippen molar-refractivity contribution in [1.29, 1.82) is 0 Å². The van der Waals surface area contributed by atoms with Gasteiger partial charge in [0.1, 0.15) is 0 Å². The fraction of sp³-hybridized carbons (Fsp3) is 0.842. The predicted molar refractivity (Wildman–Crippen MR) is 95.9 cm³/mol. The summed E-state index contributed by atoms with van der Waals surface area (Å²) in [5.41, 5.74) is 5.56. The van der Waals surface area contributed by atoms with Gasteiger partial charge in [-0.05, 0) is 12.8 Å². The summed E-state index contributed by atoms with van der Waals surface area (Å²) in [5, 5.41) is 8.55. The number of rotatable bonds is 17. The predicted octanol–water partition coefficient (Wildman–Crippen LogP) is 4.02. The summed E-state index contributed by atoms with van der Waals surface area (Å²) in [6.45, 7) is 2.22. The highest BCUT2D eigenvalue weighted by atomic mass is 16.4. The van der Waals surface area contributed by atoms with E-state index in [9.17, 15) is 14.4 Å². The van der Waals surface area contributed by atoms with Gasteiger partial charge in [-0.2, -0.15) is 0 Å². The summed E-state index contributed by atoms with van der Waals surface area (Å²) in [6, 6.07) is -0.971. The molecule has 0 spiro atoms. The lowest BCUT2D eigenvalue weighted by molar-refractivity contribution is -0.139. The molecular formula is C19H35NO4. The third-order valence-electron chi connectivity index (χ3n) is 4.29. The van der Waals surface area contributed by atoms with Crippen LogP contribution in [0, 0.1) is 0 Å². The van der Waals surface area contributed by atoms with E-state index in [-0.39, 0.29) is 19.3 Å². The molecule has 0 amide bonds. The molecule has 0 radical (unpaired) electrons. The van der Waals surface area contributed by atoms with Gasteiger partial charge in [0.15, 0.2) is 5.78 Å². The van der Waals surface area contributed by atoms with Crippen LogP contribution in [0.3, 0.4) is 0 Å². The van der Waals surface area contributed by atoms with Crippen LogP contribution in [0.1, 0.15) is 96.8 Å². The van der Waals surface area contributed by atoms with E-state index in [2.05, 4.69) is 6.92 Å². The van der Waals surface area contributed by atoms with Gasteiger partial charge in [-0.1, -0.05) is 71.1 Å². The number of ketones is 2. The lowest BCUT2D eigenvalue weighted by Crippen LogP contribution is -2.36. The molecule has 140 valence electrons. The second-order valence-corrected chi connectivity index (χ2v) is 6.61. The minimum atomic E-state index is -1.00. The Morgan fingerprint density at radius 2 is 1.25 bits per heavy atom. The second kappa shape index (κ2) is 15.3. The number of hydrogen-bond donors (Lipinski definition) is 2. The van der Waals surface area contributed by atoms with Gasteiger partial charge in [0, 0.05) is 12.8 Å². The van der Waals surface area contributed by atoms with Crippen molar-refractivity contribution >= 4 is 17.5 Å². The van der Waals surface area contributed by atoms with Crippen LogP contribution in [0.5, 0.6) is 0 Å². The van der Waals surface area contributed by atoms with E-state index < -0.39 is 23.6 Å². The van der Waals surface area contributed by atoms with E-state index >= 15 is 0 Å². The van der Waals surface area contributed by atoms with Crippen molar-refractivity contribution in [1.82, 2.24) is 0 Å². The third kappa shape index (κ3) is 13.2. The van der Waals surface area contributed by atoms with Gasteiger partial charge in [0.25, 0.3) is 0 Å². The topological polar surface area (TPSA) is 97.5 Å². The molecule has 0 heterocycles. The normalized spacial score (nSPS) is 12.1. The van der Waals surface area contributed by atoms with E-state index in [0.717, 1.165) is 12.8 Å². The number of carbonyl (C=O) groups excluding carboxylic acids is 2. The van der Waals surface area contributed by atoms with Crippen LogP contribution >= 0.6 is 0 Å². The molecule has 0 aliphatic rings. The maximum Gasteiger partial charge on any atom is 0.303 e. The SMILES string of the molecule is CCCCCCCCCCCCCC(=O)C(=O)[C@@H](N)CCC(=O)O. The zero-order valence-corrected chi connectivity index (χ0v) is 15.2. The number of carbonyl (C=O) groups is 3. The number of carboxylic acids is 1. The molecule has 0 unspecified atom stereocenters. The van der Waals surface area contributed by atoms with E-state index in [1.807, 2.05) is 0 Å². The number of aliphatic carboxylic acids is 1. The summed E-state index contributed by atoms with van der Waals surface area (Å²) in [6.07, 6.45) is 13.2. The zero-order valence-electron chi connectivity index (χ0n) is 15.2. The van der Waals surface area contributed by atoms with Crippen molar-refractivity contribution in [2.24, 2.45) is 5.73 Å². The molecule has 0 bridgehead atoms. The lowest BCUT2D eigenvalue weighted by Gasteiger charge is -2.08. The van der Waals surface area contributed by atoms with Crippen molar-refractivity contribution in [3.63, 3.8) is 0 Å². The molecule has 0 fully saturated rings. The Balaban J connectivity index is 3.51. The van der Waals surface area contributed by atoms with Gasteiger partial charge in [0.05, 0.1) is 6.04 Å². The number of nitrogens with two attached hydrogens (primary N) is 1. The first-order valence-corrected chi connectivity index (χ1v) is 9.53. The maximum absolute atomic E-state index is 11.7. The summed E-state index contributed by atoms with van der Waals surface area (Å²) >= 11 is 0. The van der Waals surface area contributed by atoms with Gasteiger partial charge in [-0.15, -0.1) is 0 Å². The molecule has 0 saturated carbocycles. The van der Waals surface area contributed by atoms with Crippen molar-refractivity contribution in [2.75, 3.05) is 0 Å². The molecule has 0 aromatic heterocycles. The van der Waals surface area contributed by atoms with Gasteiger partial charge >= 0.3 is 5.97 Å². The summed E-state index contributed by atoms with van der Waals surface area (Å²) in [4.78, 5) is 33.8. The molecular weight excluding hydrogens is 306 g/mol. The fourth-order valence-electron chi connectivity index (χ4n) is 2.69. The van der Waals surface area contributed by atoms with Crippen LogP contribution in [0.2, 0.25) is 0 Å². The van der Waals surface area contributed by atoms with Crippen molar-refractivity contribution in [3.8, 4) is 0 Å². The van der Waals surface area contributed by atoms with Crippen LogP contribution in [0.15, 0.2) is 0 Å². The van der Waals surface area contributed by atoms with Crippen molar-refractivity contribution < 1.29 is 19.5 Å². The van der Waals surface area contributed by atoms with Crippen LogP contribution < -0.4 is 5.73 Å². The maximum atomic E-state index is 11.7. The van der Waals surface area contributed by atoms with Gasteiger partial charge in [-0.25, -0.2) is 0 Å². The van der Waals surface area contributed by atoms with Gasteiger partial charge in [-0.3, -0.25) is 14.4 Å². The summed E-state index contributed by atoms with van der Waals surface area (Å²) in [5.74, 6) is -2.08. The minimum absolute atomic E-state index is 0.0260. The monoisotopic (exact) mass is 341 g/mol. The Kier molecular flexibility index (Phi) is 14.5. The molecule has 3 N–H and O–H groups in total. The Bertz CT molecular complexity index is 368. The molecule has 0 aliphatic carbocycles. The highest BCUT2D eigenvalue weighted by Gasteiger charge is 2.21. The first kappa shape index (κ1) is 22.8. The van der Waals surface area contributed by atoms with Crippen LogP contribution in [0.4, 0.5) is 0 Å². The standard InChI is InChI=1S/C19H35NO4/c1-2-3-4-5-6-7-8-9-10-11-12-13-17(21)19(24)16(20)14-15-18(22)23/h16H,2-15,20H2,1H3,(H,22,23)/t16-/m0/s1. The molecule has 1 atom stereocenters. The average molecular weight is 341 g/mol. The first-order valence-electron chi connectivity index (χ1n) is 9.53. The van der Waals surface area contributed by atoms with E-state index in [4.69, 9.17) is 10.8 Å². The van der Waals surface area contributed by atoms with Gasteiger partial charge < -0.3 is 10.8 Å². The molecule has 0 saturated heterocycles. The highest BCUT2D eigenvalue weighted by Crippen LogP contribution is 2.12. The number of Topliss-reactive ketones (excluding diaryl/α,β-unsaturated/α-hetero) is 2. The van der Waals surface area contributed by atoms with Crippen LogP contribution in [0.25, 0.3) is 0 Å². The minimum Gasteiger partial charge on any atom is -0.481 e. The highest BCUT2D eigenvalue weighted by molar-refractivity contribution is 6.39. The lowest BCUT2D eigenvalue weighted by atomic mass is 10.00. The Hall–Kier alpha value is -1.23. The quantitative estimate of drug-likeness (QED) is 0.307. The van der Waals surface area contributed by atoms with Gasteiger partial charge in [0.2, 0.25) is 5.78 Å². The number of hydrogen-bond acceptors (Lipinski definition) is 4. The summed E-state index contributed by atoms with van der Waals surface area (Å²) in [7, 11) is 0. The van der Waals surface area contributed by atoms with Crippen LogP contribution in [-0.2, 0) is 14.4 Å². The van der Waals surface area contributed by atoms with E-state index in [1.54, 1.807) is 0 Å². The Morgan fingerprint density at radius 1 is 0.792 bits per heavy atom. The van der Waals surface area contributed by atoms with E-state index in [1.165, 1.54) is 51.4 Å². The Morgan fingerprint density at radius 3 is 1.71 bits per heavy atom. The molecule has 0 aliphatic heterocycles.